The van der Waals surface area contributed by atoms with Crippen molar-refractivity contribution in [2.45, 2.75) is 32.6 Å². The van der Waals surface area contributed by atoms with Crippen molar-refractivity contribution in [3.63, 3.8) is 0 Å². The van der Waals surface area contributed by atoms with Crippen LogP contribution in [0.5, 0.6) is 0 Å². The van der Waals surface area contributed by atoms with Crippen molar-refractivity contribution in [1.29, 1.82) is 0 Å². The van der Waals surface area contributed by atoms with E-state index in [1.54, 1.807) is 0 Å². The maximum absolute atomic E-state index is 12.3. The topological polar surface area (TPSA) is 17.1 Å². The van der Waals surface area contributed by atoms with Crippen LogP contribution in [0.3, 0.4) is 0 Å². The quantitative estimate of drug-likeness (QED) is 0.734. The Labute approximate surface area is 108 Å². The van der Waals surface area contributed by atoms with Gasteiger partial charge in [-0.2, -0.15) is 11.8 Å². The van der Waals surface area contributed by atoms with Crippen LogP contribution in [0.25, 0.3) is 0 Å². The first-order valence-corrected chi connectivity index (χ1v) is 7.68. The summed E-state index contributed by atoms with van der Waals surface area (Å²) in [4.78, 5) is 12.3. The zero-order valence-electron chi connectivity index (χ0n) is 10.4. The van der Waals surface area contributed by atoms with Crippen LogP contribution in [0.1, 0.15) is 42.1 Å². The molecule has 2 rings (SSSR count). The van der Waals surface area contributed by atoms with Gasteiger partial charge >= 0.3 is 0 Å². The van der Waals surface area contributed by atoms with E-state index in [2.05, 4.69) is 13.0 Å². The highest BCUT2D eigenvalue weighted by Gasteiger charge is 2.26. The van der Waals surface area contributed by atoms with Crippen molar-refractivity contribution in [3.8, 4) is 0 Å². The molecule has 0 N–H and O–H groups in total. The van der Waals surface area contributed by atoms with Gasteiger partial charge in [0.25, 0.3) is 0 Å². The van der Waals surface area contributed by atoms with Crippen molar-refractivity contribution in [2.75, 3.05) is 11.5 Å². The van der Waals surface area contributed by atoms with E-state index in [0.717, 1.165) is 24.8 Å². The second kappa shape index (κ2) is 6.25. The number of hydrogen-bond acceptors (Lipinski definition) is 2. The lowest BCUT2D eigenvalue weighted by molar-refractivity contribution is 0.0894. The summed E-state index contributed by atoms with van der Waals surface area (Å²) >= 11 is 1.97. The first-order valence-electron chi connectivity index (χ1n) is 6.52. The van der Waals surface area contributed by atoms with Gasteiger partial charge in [-0.1, -0.05) is 31.2 Å². The molecule has 0 aliphatic heterocycles. The number of Topliss-reactive ketones (excluding diaryl/α,β-unsaturated/α-hetero) is 1. The highest BCUT2D eigenvalue weighted by molar-refractivity contribution is 7.99. The minimum atomic E-state index is 0.280. The normalized spacial score (nSPS) is 19.1. The summed E-state index contributed by atoms with van der Waals surface area (Å²) in [6.07, 6.45) is 4.37. The van der Waals surface area contributed by atoms with Gasteiger partial charge < -0.3 is 0 Å². The third kappa shape index (κ3) is 3.12. The second-order valence-corrected chi connectivity index (χ2v) is 5.99. The van der Waals surface area contributed by atoms with E-state index in [-0.39, 0.29) is 5.92 Å². The molecule has 0 saturated carbocycles. The van der Waals surface area contributed by atoms with E-state index in [4.69, 9.17) is 0 Å². The molecule has 0 radical (unpaired) electrons. The van der Waals surface area contributed by atoms with Crippen molar-refractivity contribution in [2.24, 2.45) is 5.92 Å². The molecule has 1 unspecified atom stereocenters. The fourth-order valence-electron chi connectivity index (χ4n) is 2.51. The maximum Gasteiger partial charge on any atom is 0.166 e. The van der Waals surface area contributed by atoms with E-state index >= 15 is 0 Å². The Balaban J connectivity index is 1.93. The lowest BCUT2D eigenvalue weighted by Crippen LogP contribution is -2.22. The summed E-state index contributed by atoms with van der Waals surface area (Å²) in [6, 6.07) is 8.09. The molecule has 0 saturated heterocycles. The van der Waals surface area contributed by atoms with Crippen LogP contribution >= 0.6 is 11.8 Å². The molecule has 2 heteroatoms. The summed E-state index contributed by atoms with van der Waals surface area (Å²) in [5, 5.41) is 0. The Bertz CT molecular complexity index is 386. The van der Waals surface area contributed by atoms with E-state index in [1.807, 2.05) is 30.0 Å². The summed E-state index contributed by atoms with van der Waals surface area (Å²) in [5.74, 6) is 3.04. The van der Waals surface area contributed by atoms with E-state index in [1.165, 1.54) is 23.5 Å². The van der Waals surface area contributed by atoms with Crippen molar-refractivity contribution in [3.05, 3.63) is 35.4 Å². The molecule has 0 spiro atoms. The Morgan fingerprint density at radius 3 is 3.00 bits per heavy atom. The monoisotopic (exact) mass is 248 g/mol. The predicted octanol–water partition coefficient (Wildman–Crippen LogP) is 3.97. The molecule has 1 atom stereocenters. The largest absolute Gasteiger partial charge is 0.294 e. The van der Waals surface area contributed by atoms with E-state index < -0.39 is 0 Å². The zero-order valence-corrected chi connectivity index (χ0v) is 11.3. The summed E-state index contributed by atoms with van der Waals surface area (Å²) in [5.41, 5.74) is 2.23. The number of thioether (sulfide) groups is 1. The van der Waals surface area contributed by atoms with E-state index in [9.17, 15) is 4.79 Å². The molecule has 1 aromatic rings. The Morgan fingerprint density at radius 1 is 1.35 bits per heavy atom. The van der Waals surface area contributed by atoms with Gasteiger partial charge in [0.15, 0.2) is 5.78 Å². The molecule has 0 bridgehead atoms. The number of carbonyl (C=O) groups excluding carboxylic acids is 1. The Morgan fingerprint density at radius 2 is 2.18 bits per heavy atom. The minimum absolute atomic E-state index is 0.280. The molecule has 0 amide bonds. The van der Waals surface area contributed by atoms with Gasteiger partial charge in [-0.05, 0) is 42.8 Å². The Hall–Kier alpha value is -0.760. The maximum atomic E-state index is 12.3. The third-order valence-corrected chi connectivity index (χ3v) is 4.45. The number of rotatable bonds is 5. The number of ketones is 1. The minimum Gasteiger partial charge on any atom is -0.294 e. The van der Waals surface area contributed by atoms with Crippen LogP contribution in [0.15, 0.2) is 24.3 Å². The lowest BCUT2D eigenvalue weighted by Gasteiger charge is -2.23. The number of hydrogen-bond donors (Lipinski definition) is 0. The van der Waals surface area contributed by atoms with Crippen LogP contribution in [0.4, 0.5) is 0 Å². The van der Waals surface area contributed by atoms with Gasteiger partial charge in [0.2, 0.25) is 0 Å². The van der Waals surface area contributed by atoms with Crippen LogP contribution in [0, 0.1) is 5.92 Å². The molecule has 92 valence electrons. The Kier molecular flexibility index (Phi) is 4.66. The number of carbonyl (C=O) groups is 1. The molecule has 0 aromatic heterocycles. The molecule has 0 fully saturated rings. The van der Waals surface area contributed by atoms with Gasteiger partial charge in [-0.15, -0.1) is 0 Å². The van der Waals surface area contributed by atoms with Gasteiger partial charge in [0.1, 0.15) is 0 Å². The molecule has 1 aliphatic rings. The molecule has 1 nitrogen and oxygen atoms in total. The standard InChI is InChI=1S/C15H20OS/c1-2-17-11-5-7-13-10-9-12-6-3-4-8-14(12)15(13)16/h3-4,6,8,13H,2,5,7,9-11H2,1H3. The molecular formula is C15H20OS. The predicted molar refractivity (Wildman–Crippen MR) is 74.8 cm³/mol. The lowest BCUT2D eigenvalue weighted by atomic mass is 9.81. The molecule has 1 aliphatic carbocycles. The van der Waals surface area contributed by atoms with Crippen molar-refractivity contribution >= 4 is 17.5 Å². The summed E-state index contributed by atoms with van der Waals surface area (Å²) in [7, 11) is 0. The molecule has 1 aromatic carbocycles. The number of fused-ring (bicyclic) bond motifs is 1. The van der Waals surface area contributed by atoms with Gasteiger partial charge in [-0.25, -0.2) is 0 Å². The van der Waals surface area contributed by atoms with E-state index in [0.29, 0.717) is 5.78 Å². The van der Waals surface area contributed by atoms with Crippen molar-refractivity contribution < 1.29 is 4.79 Å². The van der Waals surface area contributed by atoms with Crippen LogP contribution in [-0.4, -0.2) is 17.3 Å². The fraction of sp³-hybridized carbons (Fsp3) is 0.533. The van der Waals surface area contributed by atoms with Gasteiger partial charge in [0.05, 0.1) is 0 Å². The highest BCUT2D eigenvalue weighted by Crippen LogP contribution is 2.28. The third-order valence-electron chi connectivity index (χ3n) is 3.46. The first-order chi connectivity index (χ1) is 8.33. The van der Waals surface area contributed by atoms with Gasteiger partial charge in [0, 0.05) is 11.5 Å². The van der Waals surface area contributed by atoms with Crippen LogP contribution in [0.2, 0.25) is 0 Å². The average Bonchev–Trinajstić information content (AvgIpc) is 2.37. The smallest absolute Gasteiger partial charge is 0.166 e. The second-order valence-electron chi connectivity index (χ2n) is 4.60. The SMILES string of the molecule is CCSCCCC1CCc2ccccc2C1=O. The summed E-state index contributed by atoms with van der Waals surface area (Å²) < 4.78 is 0. The summed E-state index contributed by atoms with van der Waals surface area (Å²) in [6.45, 7) is 2.19. The number of aryl methyl sites for hydroxylation is 1. The molecular weight excluding hydrogens is 228 g/mol. The fourth-order valence-corrected chi connectivity index (χ4v) is 3.17. The van der Waals surface area contributed by atoms with Gasteiger partial charge in [-0.3, -0.25) is 4.79 Å². The number of benzene rings is 1. The molecule has 0 heterocycles. The molecule has 17 heavy (non-hydrogen) atoms. The average molecular weight is 248 g/mol. The van der Waals surface area contributed by atoms with Crippen molar-refractivity contribution in [1.82, 2.24) is 0 Å². The highest BCUT2D eigenvalue weighted by atomic mass is 32.2. The first kappa shape index (κ1) is 12.7. The van der Waals surface area contributed by atoms with Crippen LogP contribution < -0.4 is 0 Å². The zero-order chi connectivity index (χ0) is 12.1. The van der Waals surface area contributed by atoms with Crippen LogP contribution in [-0.2, 0) is 6.42 Å².